The zero-order chi connectivity index (χ0) is 21.3. The Balaban J connectivity index is 2.25. The molecule has 1 fully saturated rings. The lowest BCUT2D eigenvalue weighted by Gasteiger charge is -2.50. The molecule has 0 aliphatic carbocycles. The van der Waals surface area contributed by atoms with E-state index in [-0.39, 0.29) is 0 Å². The van der Waals surface area contributed by atoms with Crippen LogP contribution in [-0.4, -0.2) is 48.5 Å². The van der Waals surface area contributed by atoms with Crippen molar-refractivity contribution in [2.24, 2.45) is 0 Å². The van der Waals surface area contributed by atoms with Gasteiger partial charge < -0.3 is 24.4 Å². The second kappa shape index (κ2) is 7.53. The van der Waals surface area contributed by atoms with E-state index in [0.29, 0.717) is 13.1 Å². The van der Waals surface area contributed by atoms with Gasteiger partial charge in [-0.25, -0.2) is 9.59 Å². The third-order valence-corrected chi connectivity index (χ3v) is 4.26. The number of benzene rings is 1. The second-order valence-corrected chi connectivity index (χ2v) is 9.23. The number of carbonyl (C=O) groups excluding carboxylic acids is 2. The third-order valence-electron chi connectivity index (χ3n) is 4.26. The molecule has 1 aliphatic heterocycles. The molecule has 2 amide bonds. The van der Waals surface area contributed by atoms with Crippen molar-refractivity contribution in [1.82, 2.24) is 10.2 Å². The minimum atomic E-state index is -0.740. The largest absolute Gasteiger partial charge is 0.496 e. The number of nitrogens with one attached hydrogen (secondary N) is 1. The molecule has 7 heteroatoms. The summed E-state index contributed by atoms with van der Waals surface area (Å²) < 4.78 is 16.2. The Bertz CT molecular complexity index is 740. The Morgan fingerprint density at radius 3 is 2.07 bits per heavy atom. The lowest BCUT2D eigenvalue weighted by Crippen LogP contribution is -2.69. The molecule has 0 radical (unpaired) electrons. The first-order valence-electron chi connectivity index (χ1n) is 9.39. The van der Waals surface area contributed by atoms with Crippen LogP contribution < -0.4 is 10.1 Å². The molecule has 0 spiro atoms. The van der Waals surface area contributed by atoms with Gasteiger partial charge in [0.2, 0.25) is 0 Å². The van der Waals surface area contributed by atoms with Crippen LogP contribution in [0.5, 0.6) is 5.75 Å². The molecule has 0 aromatic heterocycles. The van der Waals surface area contributed by atoms with Crippen molar-refractivity contribution in [2.45, 2.75) is 65.2 Å². The number of nitrogens with zero attached hydrogens (tertiary/aromatic N) is 1. The van der Waals surface area contributed by atoms with Crippen molar-refractivity contribution in [3.63, 3.8) is 0 Å². The van der Waals surface area contributed by atoms with Crippen LogP contribution in [0.15, 0.2) is 18.2 Å². The second-order valence-electron chi connectivity index (χ2n) is 9.23. The first kappa shape index (κ1) is 21.9. The van der Waals surface area contributed by atoms with E-state index in [9.17, 15) is 9.59 Å². The minimum Gasteiger partial charge on any atom is -0.496 e. The number of rotatable bonds is 3. The molecule has 1 aromatic rings. The van der Waals surface area contributed by atoms with Gasteiger partial charge in [-0.2, -0.15) is 0 Å². The highest BCUT2D eigenvalue weighted by Crippen LogP contribution is 2.35. The first-order valence-corrected chi connectivity index (χ1v) is 9.39. The molecule has 1 aromatic carbocycles. The molecule has 28 heavy (non-hydrogen) atoms. The van der Waals surface area contributed by atoms with Crippen LogP contribution in [0, 0.1) is 6.92 Å². The van der Waals surface area contributed by atoms with Crippen molar-refractivity contribution in [1.29, 1.82) is 0 Å². The van der Waals surface area contributed by atoms with Crippen molar-refractivity contribution < 1.29 is 23.8 Å². The molecule has 1 heterocycles. The van der Waals surface area contributed by atoms with Gasteiger partial charge in [0.05, 0.1) is 20.2 Å². The summed E-state index contributed by atoms with van der Waals surface area (Å²) >= 11 is 0. The normalized spacial score (nSPS) is 16.1. The van der Waals surface area contributed by atoms with Crippen LogP contribution >= 0.6 is 0 Å². The van der Waals surface area contributed by atoms with E-state index in [1.54, 1.807) is 12.0 Å². The molecule has 2 rings (SSSR count). The Morgan fingerprint density at radius 2 is 1.61 bits per heavy atom. The van der Waals surface area contributed by atoms with Gasteiger partial charge in [-0.05, 0) is 71.7 Å². The summed E-state index contributed by atoms with van der Waals surface area (Å²) in [5.41, 5.74) is -0.103. The van der Waals surface area contributed by atoms with Crippen LogP contribution in [0.4, 0.5) is 9.59 Å². The Hall–Kier alpha value is -2.44. The molecular formula is C21H32N2O5. The topological polar surface area (TPSA) is 77.1 Å². The van der Waals surface area contributed by atoms with Gasteiger partial charge in [0.25, 0.3) is 0 Å². The van der Waals surface area contributed by atoms with E-state index < -0.39 is 28.9 Å². The van der Waals surface area contributed by atoms with Gasteiger partial charge in [-0.15, -0.1) is 0 Å². The molecule has 0 saturated carbocycles. The van der Waals surface area contributed by atoms with E-state index in [4.69, 9.17) is 14.2 Å². The molecule has 156 valence electrons. The average molecular weight is 392 g/mol. The monoisotopic (exact) mass is 392 g/mol. The summed E-state index contributed by atoms with van der Waals surface area (Å²) in [6, 6.07) is 5.72. The highest BCUT2D eigenvalue weighted by Gasteiger charge is 2.49. The van der Waals surface area contributed by atoms with Gasteiger partial charge in [0.1, 0.15) is 22.5 Å². The number of methoxy groups -OCH3 is 1. The van der Waals surface area contributed by atoms with E-state index in [2.05, 4.69) is 5.32 Å². The zero-order valence-corrected chi connectivity index (χ0v) is 18.1. The lowest BCUT2D eigenvalue weighted by molar-refractivity contribution is -0.0230. The number of amides is 2. The van der Waals surface area contributed by atoms with E-state index in [0.717, 1.165) is 16.9 Å². The Labute approximate surface area is 167 Å². The van der Waals surface area contributed by atoms with Gasteiger partial charge in [0, 0.05) is 0 Å². The molecular weight excluding hydrogens is 360 g/mol. The highest BCUT2D eigenvalue weighted by molar-refractivity contribution is 5.73. The smallest absolute Gasteiger partial charge is 0.410 e. The number of ether oxygens (including phenoxy) is 3. The van der Waals surface area contributed by atoms with Gasteiger partial charge >= 0.3 is 12.2 Å². The molecule has 0 atom stereocenters. The number of hydrogen-bond acceptors (Lipinski definition) is 5. The summed E-state index contributed by atoms with van der Waals surface area (Å²) in [5, 5.41) is 2.96. The fourth-order valence-corrected chi connectivity index (χ4v) is 3.07. The quantitative estimate of drug-likeness (QED) is 0.842. The predicted octanol–water partition coefficient (Wildman–Crippen LogP) is 3.97. The molecule has 1 saturated heterocycles. The molecule has 1 aliphatic rings. The standard InChI is InChI=1S/C21H32N2O5/c1-14-11-15(9-10-16(14)26-8)21(22-17(24)27-19(2,3)4)12-23(13-21)18(25)28-20(5,6)7/h9-11H,12-13H2,1-8H3,(H,22,24). The maximum atomic E-state index is 12.5. The number of aryl methyl sites for hydroxylation is 1. The van der Waals surface area contributed by atoms with Crippen molar-refractivity contribution in [3.05, 3.63) is 29.3 Å². The van der Waals surface area contributed by atoms with Crippen LogP contribution in [-0.2, 0) is 15.0 Å². The summed E-state index contributed by atoms with van der Waals surface area (Å²) in [7, 11) is 1.62. The Kier molecular flexibility index (Phi) is 5.87. The number of hydrogen-bond donors (Lipinski definition) is 1. The summed E-state index contributed by atoms with van der Waals surface area (Å²) in [6.07, 6.45) is -0.927. The minimum absolute atomic E-state index is 0.299. The van der Waals surface area contributed by atoms with Gasteiger partial charge in [0.15, 0.2) is 0 Å². The maximum absolute atomic E-state index is 12.5. The molecule has 7 nitrogen and oxygen atoms in total. The van der Waals surface area contributed by atoms with Gasteiger partial charge in [-0.3, -0.25) is 0 Å². The zero-order valence-electron chi connectivity index (χ0n) is 18.1. The van der Waals surface area contributed by atoms with E-state index in [1.807, 2.05) is 66.7 Å². The Morgan fingerprint density at radius 1 is 1.04 bits per heavy atom. The summed E-state index contributed by atoms with van der Waals surface area (Å²) in [4.78, 5) is 26.4. The fourth-order valence-electron chi connectivity index (χ4n) is 3.07. The SMILES string of the molecule is COc1ccc(C2(NC(=O)OC(C)(C)C)CN(C(=O)OC(C)(C)C)C2)cc1C. The summed E-state index contributed by atoms with van der Waals surface area (Å²) in [5.74, 6) is 0.763. The van der Waals surface area contributed by atoms with Gasteiger partial charge in [-0.1, -0.05) is 6.07 Å². The van der Waals surface area contributed by atoms with E-state index >= 15 is 0 Å². The van der Waals surface area contributed by atoms with Crippen molar-refractivity contribution >= 4 is 12.2 Å². The predicted molar refractivity (Wildman–Crippen MR) is 107 cm³/mol. The summed E-state index contributed by atoms with van der Waals surface area (Å²) in [6.45, 7) is 13.4. The lowest BCUT2D eigenvalue weighted by atomic mass is 9.82. The third kappa shape index (κ3) is 5.30. The van der Waals surface area contributed by atoms with Crippen molar-refractivity contribution in [3.8, 4) is 5.75 Å². The van der Waals surface area contributed by atoms with Crippen LogP contribution in [0.1, 0.15) is 52.7 Å². The van der Waals surface area contributed by atoms with Crippen molar-refractivity contribution in [2.75, 3.05) is 20.2 Å². The maximum Gasteiger partial charge on any atom is 0.410 e. The van der Waals surface area contributed by atoms with Crippen LogP contribution in [0.3, 0.4) is 0 Å². The number of likely N-dealkylation sites (tertiary alicyclic amines) is 1. The number of carbonyl (C=O) groups is 2. The van der Waals surface area contributed by atoms with E-state index in [1.165, 1.54) is 0 Å². The van der Waals surface area contributed by atoms with Crippen LogP contribution in [0.2, 0.25) is 0 Å². The van der Waals surface area contributed by atoms with Crippen LogP contribution in [0.25, 0.3) is 0 Å². The highest BCUT2D eigenvalue weighted by atomic mass is 16.6. The molecule has 0 unspecified atom stereocenters. The first-order chi connectivity index (χ1) is 12.7. The average Bonchev–Trinajstić information content (AvgIpc) is 2.46. The number of alkyl carbamates (subject to hydrolysis) is 1. The fraction of sp³-hybridized carbons (Fsp3) is 0.619. The molecule has 0 bridgehead atoms. The molecule has 1 N–H and O–H groups in total.